The Labute approximate surface area is 175 Å². The van der Waals surface area contributed by atoms with Gasteiger partial charge in [0.1, 0.15) is 12.4 Å². The van der Waals surface area contributed by atoms with Crippen molar-refractivity contribution in [3.63, 3.8) is 0 Å². The van der Waals surface area contributed by atoms with Crippen LogP contribution in [0.4, 0.5) is 5.69 Å². The minimum atomic E-state index is -0.169. The van der Waals surface area contributed by atoms with Crippen molar-refractivity contribution in [2.24, 2.45) is 10.2 Å². The van der Waals surface area contributed by atoms with Gasteiger partial charge in [-0.15, -0.1) is 11.7 Å². The molecule has 3 aromatic rings. The second kappa shape index (κ2) is 9.01. The van der Waals surface area contributed by atoms with Crippen molar-refractivity contribution < 1.29 is 9.53 Å². The van der Waals surface area contributed by atoms with Gasteiger partial charge in [0.25, 0.3) is 5.91 Å². The zero-order valence-corrected chi connectivity index (χ0v) is 16.4. The van der Waals surface area contributed by atoms with Crippen LogP contribution in [0.1, 0.15) is 16.7 Å². The number of fused-ring (bicyclic) bond motifs is 1. The lowest BCUT2D eigenvalue weighted by Gasteiger charge is -2.13. The lowest BCUT2D eigenvalue weighted by atomic mass is 10.1. The molecule has 0 saturated heterocycles. The van der Waals surface area contributed by atoms with Crippen LogP contribution in [-0.4, -0.2) is 24.4 Å². The van der Waals surface area contributed by atoms with Gasteiger partial charge in [-0.25, -0.2) is 0 Å². The van der Waals surface area contributed by atoms with Crippen LogP contribution in [0.15, 0.2) is 102 Å². The fourth-order valence-electron chi connectivity index (χ4n) is 3.21. The molecule has 0 unspecified atom stereocenters. The highest BCUT2D eigenvalue weighted by Gasteiger charge is 2.32. The van der Waals surface area contributed by atoms with Crippen LogP contribution in [-0.2, 0) is 11.4 Å². The zero-order chi connectivity index (χ0) is 20.8. The predicted octanol–water partition coefficient (Wildman–Crippen LogP) is 4.62. The molecule has 0 radical (unpaired) electrons. The van der Waals surface area contributed by atoms with E-state index in [4.69, 9.17) is 4.74 Å². The average Bonchev–Trinajstić information content (AvgIpc) is 3.06. The average molecular weight is 395 g/mol. The van der Waals surface area contributed by atoms with Crippen LogP contribution in [0.25, 0.3) is 0 Å². The first kappa shape index (κ1) is 19.3. The van der Waals surface area contributed by atoms with Gasteiger partial charge in [-0.05, 0) is 41.5 Å². The standard InChI is InChI=1S/C25H21N3O2/c1-2-16-28-23-11-7-6-10-22(23)24(25(28)29)27-26-17-19-12-14-21(15-13-19)30-18-20-8-4-3-5-9-20/h2-15,17H,1,16,18H2/b26-17-,27-24+. The number of ether oxygens (including phenoxy) is 1. The summed E-state index contributed by atoms with van der Waals surface area (Å²) in [6.45, 7) is 4.67. The van der Waals surface area contributed by atoms with E-state index < -0.39 is 0 Å². The summed E-state index contributed by atoms with van der Waals surface area (Å²) < 4.78 is 5.79. The number of anilines is 1. The van der Waals surface area contributed by atoms with Gasteiger partial charge in [0, 0.05) is 12.1 Å². The Hall–Kier alpha value is -3.99. The summed E-state index contributed by atoms with van der Waals surface area (Å²) in [4.78, 5) is 14.3. The normalized spacial score (nSPS) is 14.3. The van der Waals surface area contributed by atoms with Crippen LogP contribution in [0.2, 0.25) is 0 Å². The largest absolute Gasteiger partial charge is 0.489 e. The monoisotopic (exact) mass is 395 g/mol. The first-order valence-corrected chi connectivity index (χ1v) is 9.66. The molecule has 148 valence electrons. The van der Waals surface area contributed by atoms with Crippen molar-refractivity contribution >= 4 is 23.5 Å². The Morgan fingerprint density at radius 2 is 1.67 bits per heavy atom. The van der Waals surface area contributed by atoms with Crippen LogP contribution in [0, 0.1) is 0 Å². The summed E-state index contributed by atoms with van der Waals surface area (Å²) in [7, 11) is 0. The maximum Gasteiger partial charge on any atom is 0.279 e. The fraction of sp³-hybridized carbons (Fsp3) is 0.0800. The van der Waals surface area contributed by atoms with E-state index in [9.17, 15) is 4.79 Å². The molecule has 1 heterocycles. The number of hydrogen-bond donors (Lipinski definition) is 0. The molecular weight excluding hydrogens is 374 g/mol. The number of rotatable bonds is 7. The van der Waals surface area contributed by atoms with E-state index in [1.165, 1.54) is 0 Å². The van der Waals surface area contributed by atoms with Gasteiger partial charge in [-0.3, -0.25) is 4.79 Å². The van der Waals surface area contributed by atoms with Gasteiger partial charge in [-0.2, -0.15) is 5.10 Å². The lowest BCUT2D eigenvalue weighted by Crippen LogP contribution is -2.30. The van der Waals surface area contributed by atoms with Gasteiger partial charge in [0.05, 0.1) is 11.9 Å². The third-order valence-electron chi connectivity index (χ3n) is 4.70. The third kappa shape index (κ3) is 4.20. The molecule has 1 aliphatic rings. The minimum Gasteiger partial charge on any atom is -0.489 e. The Balaban J connectivity index is 1.44. The molecule has 0 aliphatic carbocycles. The van der Waals surface area contributed by atoms with E-state index in [1.54, 1.807) is 17.2 Å². The molecule has 0 atom stereocenters. The van der Waals surface area contributed by atoms with E-state index in [0.717, 1.165) is 28.1 Å². The molecule has 0 fully saturated rings. The SMILES string of the molecule is C=CCN1C(=O)/C(=N/N=C\c2ccc(OCc3ccccc3)cc2)c2ccccc21. The number of amides is 1. The number of carbonyl (C=O) groups excluding carboxylic acids is 1. The molecule has 0 spiro atoms. The molecule has 30 heavy (non-hydrogen) atoms. The number of nitrogens with zero attached hydrogens (tertiary/aromatic N) is 3. The van der Waals surface area contributed by atoms with Crippen LogP contribution >= 0.6 is 0 Å². The summed E-state index contributed by atoms with van der Waals surface area (Å²) in [6.07, 6.45) is 3.32. The van der Waals surface area contributed by atoms with Crippen molar-refractivity contribution in [3.05, 3.63) is 108 Å². The Morgan fingerprint density at radius 3 is 2.43 bits per heavy atom. The quantitative estimate of drug-likeness (QED) is 0.333. The topological polar surface area (TPSA) is 54.3 Å². The van der Waals surface area contributed by atoms with Crippen LogP contribution in [0.3, 0.4) is 0 Å². The lowest BCUT2D eigenvalue weighted by molar-refractivity contribution is -0.112. The molecule has 0 bridgehead atoms. The van der Waals surface area contributed by atoms with E-state index in [0.29, 0.717) is 18.9 Å². The van der Waals surface area contributed by atoms with Crippen molar-refractivity contribution in [2.45, 2.75) is 6.61 Å². The summed E-state index contributed by atoms with van der Waals surface area (Å²) in [5, 5.41) is 8.34. The highest BCUT2D eigenvalue weighted by atomic mass is 16.5. The molecule has 4 rings (SSSR count). The van der Waals surface area contributed by atoms with Gasteiger partial charge < -0.3 is 9.64 Å². The van der Waals surface area contributed by atoms with Crippen molar-refractivity contribution in [1.82, 2.24) is 0 Å². The highest BCUT2D eigenvalue weighted by Crippen LogP contribution is 2.29. The molecule has 1 amide bonds. The second-order valence-corrected chi connectivity index (χ2v) is 6.76. The van der Waals surface area contributed by atoms with Gasteiger partial charge in [0.2, 0.25) is 0 Å². The molecule has 3 aromatic carbocycles. The van der Waals surface area contributed by atoms with Crippen molar-refractivity contribution in [3.8, 4) is 5.75 Å². The number of carbonyl (C=O) groups is 1. The molecule has 1 aliphatic heterocycles. The first-order valence-electron chi connectivity index (χ1n) is 9.66. The van der Waals surface area contributed by atoms with E-state index in [1.807, 2.05) is 78.9 Å². The van der Waals surface area contributed by atoms with Gasteiger partial charge in [0.15, 0.2) is 5.71 Å². The Bertz CT molecular complexity index is 1100. The summed E-state index contributed by atoms with van der Waals surface area (Å²) in [5.41, 5.74) is 3.94. The van der Waals surface area contributed by atoms with Crippen LogP contribution in [0.5, 0.6) is 5.75 Å². The second-order valence-electron chi connectivity index (χ2n) is 6.76. The molecule has 5 nitrogen and oxygen atoms in total. The minimum absolute atomic E-state index is 0.169. The zero-order valence-electron chi connectivity index (χ0n) is 16.4. The van der Waals surface area contributed by atoms with Crippen molar-refractivity contribution in [1.29, 1.82) is 0 Å². The summed E-state index contributed by atoms with van der Waals surface area (Å²) >= 11 is 0. The first-order chi connectivity index (χ1) is 14.8. The molecule has 0 N–H and O–H groups in total. The van der Waals surface area contributed by atoms with E-state index >= 15 is 0 Å². The third-order valence-corrected chi connectivity index (χ3v) is 4.70. The highest BCUT2D eigenvalue weighted by molar-refractivity contribution is 6.54. The number of hydrogen-bond acceptors (Lipinski definition) is 4. The van der Waals surface area contributed by atoms with E-state index in [2.05, 4.69) is 16.8 Å². The molecule has 5 heteroatoms. The predicted molar refractivity (Wildman–Crippen MR) is 120 cm³/mol. The molecule has 0 saturated carbocycles. The Kier molecular flexibility index (Phi) is 5.80. The maximum atomic E-state index is 12.7. The smallest absolute Gasteiger partial charge is 0.279 e. The molecule has 0 aromatic heterocycles. The Morgan fingerprint density at radius 1 is 0.933 bits per heavy atom. The number of para-hydroxylation sites is 1. The van der Waals surface area contributed by atoms with Crippen LogP contribution < -0.4 is 9.64 Å². The van der Waals surface area contributed by atoms with Crippen molar-refractivity contribution in [2.75, 3.05) is 11.4 Å². The van der Waals surface area contributed by atoms with Gasteiger partial charge in [-0.1, -0.05) is 54.6 Å². The number of benzene rings is 3. The fourth-order valence-corrected chi connectivity index (χ4v) is 3.21. The maximum absolute atomic E-state index is 12.7. The van der Waals surface area contributed by atoms with E-state index in [-0.39, 0.29) is 5.91 Å². The summed E-state index contributed by atoms with van der Waals surface area (Å²) in [5.74, 6) is 0.611. The molecular formula is C25H21N3O2. The summed E-state index contributed by atoms with van der Waals surface area (Å²) in [6, 6.07) is 25.2. The van der Waals surface area contributed by atoms with Gasteiger partial charge >= 0.3 is 0 Å².